The van der Waals surface area contributed by atoms with E-state index < -0.39 is 6.03 Å². The largest absolute Gasteiger partial charge is 0.504 e. The Bertz CT molecular complexity index is 1040. The number of furan rings is 1. The minimum absolute atomic E-state index is 0.00215. The van der Waals surface area contributed by atoms with Crippen LogP contribution >= 0.6 is 0 Å². The molecule has 1 fully saturated rings. The standard InChI is InChI=1S/C21H22N4O4/c1-24-8-10-25(11-9-24)20(27)14-2-4-15(5-3-14)22-21(28)23-16-6-7-19-17(12-16)18(26)13-29-19/h2-7,12-13,26H,8-11H2,1H3,(H2,22,23,28). The molecule has 0 radical (unpaired) electrons. The van der Waals surface area contributed by atoms with Crippen LogP contribution < -0.4 is 10.6 Å². The highest BCUT2D eigenvalue weighted by Gasteiger charge is 2.20. The van der Waals surface area contributed by atoms with Crippen LogP contribution in [-0.4, -0.2) is 60.1 Å². The number of fused-ring (bicyclic) bond motifs is 1. The van der Waals surface area contributed by atoms with Crippen LogP contribution in [0.15, 0.2) is 53.1 Å². The molecule has 3 N–H and O–H groups in total. The molecule has 1 aromatic heterocycles. The molecule has 2 aromatic carbocycles. The van der Waals surface area contributed by atoms with E-state index in [0.717, 1.165) is 13.1 Å². The molecule has 0 unspecified atom stereocenters. The van der Waals surface area contributed by atoms with Crippen LogP contribution in [0.3, 0.4) is 0 Å². The lowest BCUT2D eigenvalue weighted by Gasteiger charge is -2.32. The van der Waals surface area contributed by atoms with Crippen molar-refractivity contribution < 1.29 is 19.1 Å². The first-order valence-electron chi connectivity index (χ1n) is 9.36. The van der Waals surface area contributed by atoms with Gasteiger partial charge in [-0.3, -0.25) is 4.79 Å². The Morgan fingerprint density at radius 1 is 0.966 bits per heavy atom. The molecule has 150 valence electrons. The number of nitrogens with one attached hydrogen (secondary N) is 2. The summed E-state index contributed by atoms with van der Waals surface area (Å²) in [4.78, 5) is 28.9. The highest BCUT2D eigenvalue weighted by molar-refractivity contribution is 6.02. The average Bonchev–Trinajstić information content (AvgIpc) is 3.09. The zero-order valence-electron chi connectivity index (χ0n) is 16.0. The zero-order chi connectivity index (χ0) is 20.4. The van der Waals surface area contributed by atoms with Gasteiger partial charge in [0.05, 0.1) is 5.39 Å². The number of carbonyl (C=O) groups excluding carboxylic acids is 2. The Labute approximate surface area is 167 Å². The summed E-state index contributed by atoms with van der Waals surface area (Å²) in [5.41, 5.74) is 2.23. The van der Waals surface area contributed by atoms with Crippen LogP contribution in [0.2, 0.25) is 0 Å². The molecule has 2 heterocycles. The SMILES string of the molecule is CN1CCN(C(=O)c2ccc(NC(=O)Nc3ccc4occ(O)c4c3)cc2)CC1. The van der Waals surface area contributed by atoms with Crippen molar-refractivity contribution in [1.29, 1.82) is 0 Å². The first kappa shape index (κ1) is 18.8. The van der Waals surface area contributed by atoms with Crippen molar-refractivity contribution in [2.45, 2.75) is 0 Å². The molecule has 29 heavy (non-hydrogen) atoms. The lowest BCUT2D eigenvalue weighted by atomic mass is 10.1. The third kappa shape index (κ3) is 4.17. The molecule has 1 saturated heterocycles. The van der Waals surface area contributed by atoms with E-state index in [9.17, 15) is 14.7 Å². The summed E-state index contributed by atoms with van der Waals surface area (Å²) in [6.07, 6.45) is 1.25. The topological polar surface area (TPSA) is 98.0 Å². The maximum Gasteiger partial charge on any atom is 0.323 e. The second-order valence-corrected chi connectivity index (χ2v) is 7.08. The molecule has 0 bridgehead atoms. The molecule has 0 saturated carbocycles. The van der Waals surface area contributed by atoms with E-state index in [1.165, 1.54) is 6.26 Å². The minimum Gasteiger partial charge on any atom is -0.504 e. The van der Waals surface area contributed by atoms with Crippen LogP contribution in [0, 0.1) is 0 Å². The number of hydrogen-bond donors (Lipinski definition) is 3. The molecule has 0 atom stereocenters. The highest BCUT2D eigenvalue weighted by atomic mass is 16.4. The van der Waals surface area contributed by atoms with Gasteiger partial charge < -0.3 is 30.0 Å². The fourth-order valence-electron chi connectivity index (χ4n) is 3.28. The van der Waals surface area contributed by atoms with Gasteiger partial charge in [-0.2, -0.15) is 0 Å². The van der Waals surface area contributed by atoms with Gasteiger partial charge in [0.1, 0.15) is 11.8 Å². The number of rotatable bonds is 3. The Hall–Kier alpha value is -3.52. The fourth-order valence-corrected chi connectivity index (χ4v) is 3.28. The Morgan fingerprint density at radius 2 is 1.62 bits per heavy atom. The normalized spacial score (nSPS) is 14.7. The quantitative estimate of drug-likeness (QED) is 0.634. The number of piperazine rings is 1. The third-order valence-electron chi connectivity index (χ3n) is 4.99. The van der Waals surface area contributed by atoms with Crippen LogP contribution in [0.4, 0.5) is 16.2 Å². The van der Waals surface area contributed by atoms with E-state index in [1.807, 2.05) is 11.9 Å². The predicted octanol–water partition coefficient (Wildman–Crippen LogP) is 3.17. The smallest absolute Gasteiger partial charge is 0.323 e. The number of likely N-dealkylation sites (N-methyl/N-ethyl adjacent to an activating group) is 1. The monoisotopic (exact) mass is 394 g/mol. The Kier molecular flexibility index (Phi) is 5.09. The number of carbonyl (C=O) groups is 2. The van der Waals surface area contributed by atoms with Crippen LogP contribution in [0.5, 0.6) is 5.75 Å². The van der Waals surface area contributed by atoms with Gasteiger partial charge in [0.2, 0.25) is 0 Å². The fraction of sp³-hybridized carbons (Fsp3) is 0.238. The van der Waals surface area contributed by atoms with Crippen molar-refractivity contribution in [3.8, 4) is 5.75 Å². The van der Waals surface area contributed by atoms with Crippen LogP contribution in [0.1, 0.15) is 10.4 Å². The van der Waals surface area contributed by atoms with Crippen LogP contribution in [-0.2, 0) is 0 Å². The zero-order valence-corrected chi connectivity index (χ0v) is 16.0. The van der Waals surface area contributed by atoms with E-state index in [0.29, 0.717) is 41.0 Å². The van der Waals surface area contributed by atoms with Crippen molar-refractivity contribution >= 4 is 34.3 Å². The minimum atomic E-state index is -0.425. The summed E-state index contributed by atoms with van der Waals surface area (Å²) < 4.78 is 5.17. The van der Waals surface area contributed by atoms with E-state index in [2.05, 4.69) is 15.5 Å². The maximum absolute atomic E-state index is 12.6. The number of aromatic hydroxyl groups is 1. The number of amides is 3. The van der Waals surface area contributed by atoms with Crippen molar-refractivity contribution in [3.63, 3.8) is 0 Å². The molecule has 8 nitrogen and oxygen atoms in total. The van der Waals surface area contributed by atoms with Gasteiger partial charge in [0, 0.05) is 43.1 Å². The molecule has 1 aliphatic rings. The van der Waals surface area contributed by atoms with Crippen molar-refractivity contribution in [3.05, 3.63) is 54.3 Å². The molecule has 1 aliphatic heterocycles. The lowest BCUT2D eigenvalue weighted by Crippen LogP contribution is -2.47. The summed E-state index contributed by atoms with van der Waals surface area (Å²) in [7, 11) is 2.04. The first-order chi connectivity index (χ1) is 14.0. The van der Waals surface area contributed by atoms with Gasteiger partial charge in [-0.05, 0) is 49.5 Å². The predicted molar refractivity (Wildman–Crippen MR) is 110 cm³/mol. The Morgan fingerprint density at radius 3 is 2.34 bits per heavy atom. The molecule has 0 spiro atoms. The summed E-state index contributed by atoms with van der Waals surface area (Å²) in [6, 6.07) is 11.4. The van der Waals surface area contributed by atoms with Crippen molar-refractivity contribution in [1.82, 2.24) is 9.80 Å². The van der Waals surface area contributed by atoms with Gasteiger partial charge in [0.25, 0.3) is 5.91 Å². The van der Waals surface area contributed by atoms with E-state index in [1.54, 1.807) is 42.5 Å². The number of nitrogens with zero attached hydrogens (tertiary/aromatic N) is 2. The molecule has 8 heteroatoms. The molecular weight excluding hydrogens is 372 g/mol. The lowest BCUT2D eigenvalue weighted by molar-refractivity contribution is 0.0664. The van der Waals surface area contributed by atoms with Crippen molar-refractivity contribution in [2.24, 2.45) is 0 Å². The van der Waals surface area contributed by atoms with E-state index in [-0.39, 0.29) is 11.7 Å². The molecular formula is C21H22N4O4. The van der Waals surface area contributed by atoms with Gasteiger partial charge >= 0.3 is 6.03 Å². The number of hydrogen-bond acceptors (Lipinski definition) is 5. The summed E-state index contributed by atoms with van der Waals surface area (Å²) in [6.45, 7) is 3.17. The molecule has 0 aliphatic carbocycles. The average molecular weight is 394 g/mol. The highest BCUT2D eigenvalue weighted by Crippen LogP contribution is 2.29. The second-order valence-electron chi connectivity index (χ2n) is 7.08. The van der Waals surface area contributed by atoms with Gasteiger partial charge in [0.15, 0.2) is 5.75 Å². The summed E-state index contributed by atoms with van der Waals surface area (Å²) in [5, 5.41) is 15.7. The second kappa shape index (κ2) is 7.84. The molecule has 4 rings (SSSR count). The van der Waals surface area contributed by atoms with Gasteiger partial charge in [-0.15, -0.1) is 0 Å². The molecule has 3 aromatic rings. The Balaban J connectivity index is 1.37. The van der Waals surface area contributed by atoms with E-state index in [4.69, 9.17) is 4.42 Å². The maximum atomic E-state index is 12.6. The first-order valence-corrected chi connectivity index (χ1v) is 9.36. The van der Waals surface area contributed by atoms with Crippen LogP contribution in [0.25, 0.3) is 11.0 Å². The number of anilines is 2. The number of urea groups is 1. The van der Waals surface area contributed by atoms with E-state index >= 15 is 0 Å². The third-order valence-corrected chi connectivity index (χ3v) is 4.99. The number of benzene rings is 2. The van der Waals surface area contributed by atoms with Gasteiger partial charge in [-0.25, -0.2) is 4.79 Å². The van der Waals surface area contributed by atoms with Crippen molar-refractivity contribution in [2.75, 3.05) is 43.9 Å². The summed E-state index contributed by atoms with van der Waals surface area (Å²) >= 11 is 0. The summed E-state index contributed by atoms with van der Waals surface area (Å²) in [5.74, 6) is 0.0204. The van der Waals surface area contributed by atoms with Gasteiger partial charge in [-0.1, -0.05) is 0 Å². The molecule has 3 amide bonds.